The molecule has 0 saturated carbocycles. The molecule has 0 unspecified atom stereocenters. The van der Waals surface area contributed by atoms with Crippen LogP contribution in [0.25, 0.3) is 77.5 Å². The summed E-state index contributed by atoms with van der Waals surface area (Å²) in [4.78, 5) is 2.50. The smallest absolute Gasteiger partial charge is 0.0540 e. The summed E-state index contributed by atoms with van der Waals surface area (Å²) in [6.45, 7) is 4.73. The predicted molar refractivity (Wildman–Crippen MR) is 263 cm³/mol. The van der Waals surface area contributed by atoms with Gasteiger partial charge in [-0.05, 0) is 102 Å². The van der Waals surface area contributed by atoms with Gasteiger partial charge >= 0.3 is 0 Å². The molecule has 0 spiro atoms. The van der Waals surface area contributed by atoms with Gasteiger partial charge in [-0.2, -0.15) is 0 Å². The van der Waals surface area contributed by atoms with Crippen molar-refractivity contribution in [3.05, 3.63) is 248 Å². The summed E-state index contributed by atoms with van der Waals surface area (Å²) in [7, 11) is 0. The molecule has 0 aliphatic heterocycles. The molecule has 11 rings (SSSR count). The minimum atomic E-state index is -0.115. The molecular weight excluding hydrogens is 747 g/mol. The average Bonchev–Trinajstić information content (AvgIpc) is 3.58. The molecule has 0 radical (unpaired) electrons. The largest absolute Gasteiger partial charge is 0.309 e. The Morgan fingerprint density at radius 2 is 0.758 bits per heavy atom. The Morgan fingerprint density at radius 3 is 1.50 bits per heavy atom. The molecule has 0 fully saturated rings. The van der Waals surface area contributed by atoms with Crippen LogP contribution in [0, 0.1) is 0 Å². The van der Waals surface area contributed by atoms with E-state index in [1.165, 1.54) is 83.1 Å². The van der Waals surface area contributed by atoms with Gasteiger partial charge in [0.25, 0.3) is 0 Å². The Labute approximate surface area is 364 Å². The highest BCUT2D eigenvalue weighted by Gasteiger charge is 2.37. The maximum atomic E-state index is 2.50. The monoisotopic (exact) mass is 791 g/mol. The van der Waals surface area contributed by atoms with E-state index >= 15 is 0 Å². The second-order valence-corrected chi connectivity index (χ2v) is 16.8. The van der Waals surface area contributed by atoms with Gasteiger partial charge in [0.15, 0.2) is 0 Å². The second-order valence-electron chi connectivity index (χ2n) is 16.8. The normalized spacial score (nSPS) is 12.5. The number of benzene rings is 10. The van der Waals surface area contributed by atoms with Crippen molar-refractivity contribution < 1.29 is 0 Å². The minimum absolute atomic E-state index is 0.115. The van der Waals surface area contributed by atoms with E-state index < -0.39 is 0 Å². The van der Waals surface area contributed by atoms with E-state index in [0.717, 1.165) is 22.6 Å². The van der Waals surface area contributed by atoms with Crippen molar-refractivity contribution in [2.75, 3.05) is 4.90 Å². The first-order chi connectivity index (χ1) is 30.6. The Kier molecular flexibility index (Phi) is 9.24. The average molecular weight is 792 g/mol. The Balaban J connectivity index is 1.17. The highest BCUT2D eigenvalue weighted by atomic mass is 15.1. The summed E-state index contributed by atoms with van der Waals surface area (Å²) in [5.41, 5.74) is 20.5. The SMILES string of the molecule is CC1(C)c2ccccc2-c2c(-c3ccccc3N(c3cccc(-c4cccc5ccccc45)c3)c3ccccc3-c3ccccc3-c3ccccc3-c3ccccc3)cccc21. The van der Waals surface area contributed by atoms with Crippen LogP contribution in [0.2, 0.25) is 0 Å². The highest BCUT2D eigenvalue weighted by molar-refractivity contribution is 6.03. The third-order valence-corrected chi connectivity index (χ3v) is 12.9. The lowest BCUT2D eigenvalue weighted by Gasteiger charge is -2.31. The van der Waals surface area contributed by atoms with E-state index in [9.17, 15) is 0 Å². The fourth-order valence-electron chi connectivity index (χ4n) is 10.0. The molecule has 0 atom stereocenters. The molecular formula is C61H45N. The van der Waals surface area contributed by atoms with Gasteiger partial charge in [-0.15, -0.1) is 0 Å². The van der Waals surface area contributed by atoms with Crippen molar-refractivity contribution >= 4 is 27.8 Å². The van der Waals surface area contributed by atoms with Crippen LogP contribution in [-0.4, -0.2) is 0 Å². The predicted octanol–water partition coefficient (Wildman–Crippen LogP) is 17.0. The molecule has 0 saturated heterocycles. The summed E-state index contributed by atoms with van der Waals surface area (Å²) in [5, 5.41) is 2.48. The van der Waals surface area contributed by atoms with Crippen molar-refractivity contribution in [2.45, 2.75) is 19.3 Å². The molecule has 0 N–H and O–H groups in total. The number of hydrogen-bond donors (Lipinski definition) is 0. The first-order valence-corrected chi connectivity index (χ1v) is 21.6. The molecule has 1 nitrogen and oxygen atoms in total. The van der Waals surface area contributed by atoms with Gasteiger partial charge in [-0.25, -0.2) is 0 Å². The Morgan fingerprint density at radius 1 is 0.306 bits per heavy atom. The van der Waals surface area contributed by atoms with E-state index in [1.54, 1.807) is 0 Å². The van der Waals surface area contributed by atoms with Crippen LogP contribution in [0.3, 0.4) is 0 Å². The van der Waals surface area contributed by atoms with Gasteiger partial charge in [0.1, 0.15) is 0 Å². The quantitative estimate of drug-likeness (QED) is 0.148. The van der Waals surface area contributed by atoms with E-state index in [2.05, 4.69) is 255 Å². The molecule has 1 heteroatoms. The topological polar surface area (TPSA) is 3.24 Å². The molecule has 294 valence electrons. The van der Waals surface area contributed by atoms with Crippen LogP contribution in [0.4, 0.5) is 17.1 Å². The Hall–Kier alpha value is -7.74. The standard InChI is InChI=1S/C61H45N/c1-61(2)56-37-15-12-34-55(56)60-54(36-20-38-57(60)61)53-33-14-17-40-59(53)62(45-26-18-25-44(41-45)48-35-19-24-43-23-6-7-27-46(43)48)58-39-16-13-32-52(58)51-31-11-10-30-50(51)49-29-9-8-28-47(49)42-21-4-3-5-22-42/h3-41H,1-2H3. The molecule has 0 aromatic heterocycles. The fourth-order valence-corrected chi connectivity index (χ4v) is 10.0. The van der Waals surface area contributed by atoms with Gasteiger partial charge < -0.3 is 4.90 Å². The van der Waals surface area contributed by atoms with Crippen LogP contribution >= 0.6 is 0 Å². The molecule has 0 heterocycles. The van der Waals surface area contributed by atoms with Gasteiger partial charge in [-0.3, -0.25) is 0 Å². The number of fused-ring (bicyclic) bond motifs is 4. The van der Waals surface area contributed by atoms with E-state index in [0.29, 0.717) is 0 Å². The first kappa shape index (κ1) is 37.3. The lowest BCUT2D eigenvalue weighted by Crippen LogP contribution is -2.15. The molecule has 0 bridgehead atoms. The number of para-hydroxylation sites is 2. The lowest BCUT2D eigenvalue weighted by atomic mass is 9.82. The Bertz CT molecular complexity index is 3280. The van der Waals surface area contributed by atoms with Crippen molar-refractivity contribution in [3.63, 3.8) is 0 Å². The summed E-state index contributed by atoms with van der Waals surface area (Å²) in [6, 6.07) is 86.7. The summed E-state index contributed by atoms with van der Waals surface area (Å²) in [6.07, 6.45) is 0. The number of rotatable bonds is 8. The van der Waals surface area contributed by atoms with Crippen molar-refractivity contribution in [2.24, 2.45) is 0 Å². The van der Waals surface area contributed by atoms with Gasteiger partial charge in [0, 0.05) is 22.2 Å². The number of nitrogens with zero attached hydrogens (tertiary/aromatic N) is 1. The fraction of sp³-hybridized carbons (Fsp3) is 0.0492. The second kappa shape index (κ2) is 15.4. The van der Waals surface area contributed by atoms with Gasteiger partial charge in [0.2, 0.25) is 0 Å². The van der Waals surface area contributed by atoms with Gasteiger partial charge in [-0.1, -0.05) is 226 Å². The summed E-state index contributed by atoms with van der Waals surface area (Å²) in [5.74, 6) is 0. The zero-order chi connectivity index (χ0) is 41.6. The third kappa shape index (κ3) is 6.25. The van der Waals surface area contributed by atoms with Crippen LogP contribution in [0.5, 0.6) is 0 Å². The maximum Gasteiger partial charge on any atom is 0.0540 e. The first-order valence-electron chi connectivity index (χ1n) is 21.6. The van der Waals surface area contributed by atoms with Crippen LogP contribution in [0.1, 0.15) is 25.0 Å². The highest BCUT2D eigenvalue weighted by Crippen LogP contribution is 2.54. The third-order valence-electron chi connectivity index (χ3n) is 12.9. The molecule has 10 aromatic carbocycles. The summed E-state index contributed by atoms with van der Waals surface area (Å²) < 4.78 is 0. The summed E-state index contributed by atoms with van der Waals surface area (Å²) >= 11 is 0. The van der Waals surface area contributed by atoms with Crippen molar-refractivity contribution in [1.82, 2.24) is 0 Å². The molecule has 1 aliphatic rings. The number of anilines is 3. The van der Waals surface area contributed by atoms with E-state index in [-0.39, 0.29) is 5.41 Å². The van der Waals surface area contributed by atoms with E-state index in [1.807, 2.05) is 0 Å². The lowest BCUT2D eigenvalue weighted by molar-refractivity contribution is 0.660. The van der Waals surface area contributed by atoms with Crippen molar-refractivity contribution in [1.29, 1.82) is 0 Å². The van der Waals surface area contributed by atoms with Crippen LogP contribution < -0.4 is 4.90 Å². The maximum absolute atomic E-state index is 2.50. The number of hydrogen-bond acceptors (Lipinski definition) is 1. The molecule has 10 aromatic rings. The van der Waals surface area contributed by atoms with Crippen LogP contribution in [0.15, 0.2) is 237 Å². The molecule has 1 aliphatic carbocycles. The van der Waals surface area contributed by atoms with Crippen molar-refractivity contribution in [3.8, 4) is 66.8 Å². The minimum Gasteiger partial charge on any atom is -0.309 e. The molecule has 62 heavy (non-hydrogen) atoms. The zero-order valence-electron chi connectivity index (χ0n) is 35.0. The molecule has 0 amide bonds. The van der Waals surface area contributed by atoms with Gasteiger partial charge in [0.05, 0.1) is 11.4 Å². The van der Waals surface area contributed by atoms with Crippen LogP contribution in [-0.2, 0) is 5.41 Å². The zero-order valence-corrected chi connectivity index (χ0v) is 35.0. The van der Waals surface area contributed by atoms with E-state index in [4.69, 9.17) is 0 Å².